The summed E-state index contributed by atoms with van der Waals surface area (Å²) in [6.45, 7) is 1.61. The summed E-state index contributed by atoms with van der Waals surface area (Å²) in [7, 11) is 3.28. The molecule has 1 aromatic carbocycles. The molecule has 3 nitrogen and oxygen atoms in total. The number of methoxy groups -OCH3 is 2. The Kier molecular flexibility index (Phi) is 4.72. The molecule has 0 saturated carbocycles. The van der Waals surface area contributed by atoms with Crippen molar-refractivity contribution in [3.8, 4) is 11.5 Å². The van der Waals surface area contributed by atoms with Gasteiger partial charge in [-0.25, -0.2) is 0 Å². The molecule has 100 valence electrons. The first-order chi connectivity index (χ1) is 8.74. The fourth-order valence-electron chi connectivity index (χ4n) is 2.24. The maximum Gasteiger partial charge on any atom is 0.160 e. The molecule has 2 unspecified atom stereocenters. The predicted octanol–water partition coefficient (Wildman–Crippen LogP) is 2.89. The summed E-state index contributed by atoms with van der Waals surface area (Å²) in [6.07, 6.45) is 1.89. The second kappa shape index (κ2) is 6.30. The standard InChI is InChI=1S/C14H19ClO3/c1-16-13-4-3-10(8-14(13)17-2)7-12(15)11-5-6-18-9-11/h3-4,8,11-12H,5-7,9H2,1-2H3. The van der Waals surface area contributed by atoms with Gasteiger partial charge < -0.3 is 14.2 Å². The number of halogens is 1. The normalized spacial score (nSPS) is 20.7. The van der Waals surface area contributed by atoms with Crippen molar-refractivity contribution < 1.29 is 14.2 Å². The van der Waals surface area contributed by atoms with Crippen LogP contribution < -0.4 is 9.47 Å². The van der Waals surface area contributed by atoms with Crippen LogP contribution in [0.1, 0.15) is 12.0 Å². The van der Waals surface area contributed by atoms with Crippen LogP contribution >= 0.6 is 11.6 Å². The van der Waals surface area contributed by atoms with Crippen LogP contribution in [0.15, 0.2) is 18.2 Å². The highest BCUT2D eigenvalue weighted by atomic mass is 35.5. The topological polar surface area (TPSA) is 27.7 Å². The molecular weight excluding hydrogens is 252 g/mol. The summed E-state index contributed by atoms with van der Waals surface area (Å²) in [5.41, 5.74) is 1.17. The number of ether oxygens (including phenoxy) is 3. The molecule has 18 heavy (non-hydrogen) atoms. The third kappa shape index (κ3) is 3.09. The van der Waals surface area contributed by atoms with E-state index in [1.54, 1.807) is 14.2 Å². The summed E-state index contributed by atoms with van der Waals surface area (Å²) in [5, 5.41) is 0.116. The van der Waals surface area contributed by atoms with E-state index in [0.717, 1.165) is 37.6 Å². The Morgan fingerprint density at radius 1 is 1.33 bits per heavy atom. The van der Waals surface area contributed by atoms with Crippen molar-refractivity contribution in [2.24, 2.45) is 5.92 Å². The summed E-state index contributed by atoms with van der Waals surface area (Å²) in [4.78, 5) is 0. The van der Waals surface area contributed by atoms with E-state index in [1.165, 1.54) is 5.56 Å². The van der Waals surface area contributed by atoms with Crippen LogP contribution in [0.3, 0.4) is 0 Å². The van der Waals surface area contributed by atoms with Crippen LogP contribution in [0.4, 0.5) is 0 Å². The molecule has 1 aliphatic rings. The molecule has 2 atom stereocenters. The molecule has 0 N–H and O–H groups in total. The van der Waals surface area contributed by atoms with E-state index < -0.39 is 0 Å². The molecular formula is C14H19ClO3. The molecule has 0 aliphatic carbocycles. The van der Waals surface area contributed by atoms with Gasteiger partial charge in [-0.15, -0.1) is 11.6 Å². The van der Waals surface area contributed by atoms with Gasteiger partial charge in [0.1, 0.15) is 0 Å². The minimum atomic E-state index is 0.116. The minimum Gasteiger partial charge on any atom is -0.493 e. The van der Waals surface area contributed by atoms with E-state index in [4.69, 9.17) is 25.8 Å². The Labute approximate surface area is 113 Å². The summed E-state index contributed by atoms with van der Waals surface area (Å²) >= 11 is 6.44. The van der Waals surface area contributed by atoms with Crippen LogP contribution in [-0.4, -0.2) is 32.8 Å². The van der Waals surface area contributed by atoms with E-state index in [9.17, 15) is 0 Å². The third-order valence-corrected chi connectivity index (χ3v) is 3.87. The Hall–Kier alpha value is -0.930. The van der Waals surface area contributed by atoms with Crippen molar-refractivity contribution in [2.45, 2.75) is 18.2 Å². The molecule has 1 heterocycles. The van der Waals surface area contributed by atoms with E-state index in [2.05, 4.69) is 0 Å². The molecule has 1 fully saturated rings. The van der Waals surface area contributed by atoms with E-state index in [1.807, 2.05) is 18.2 Å². The van der Waals surface area contributed by atoms with Gasteiger partial charge in [-0.1, -0.05) is 6.07 Å². The first-order valence-corrected chi connectivity index (χ1v) is 6.61. The zero-order valence-electron chi connectivity index (χ0n) is 10.8. The summed E-state index contributed by atoms with van der Waals surface area (Å²) in [5.74, 6) is 1.96. The van der Waals surface area contributed by atoms with Crippen molar-refractivity contribution >= 4 is 11.6 Å². The number of rotatable bonds is 5. The zero-order chi connectivity index (χ0) is 13.0. The van der Waals surface area contributed by atoms with Crippen LogP contribution in [0, 0.1) is 5.92 Å². The number of hydrogen-bond donors (Lipinski definition) is 0. The maximum absolute atomic E-state index is 6.44. The monoisotopic (exact) mass is 270 g/mol. The van der Waals surface area contributed by atoms with Gasteiger partial charge in [0.25, 0.3) is 0 Å². The van der Waals surface area contributed by atoms with Gasteiger partial charge in [-0.05, 0) is 30.5 Å². The maximum atomic E-state index is 6.44. The van der Waals surface area contributed by atoms with E-state index in [-0.39, 0.29) is 5.38 Å². The molecule has 0 aromatic heterocycles. The second-order valence-electron chi connectivity index (χ2n) is 4.53. The lowest BCUT2D eigenvalue weighted by atomic mass is 9.98. The van der Waals surface area contributed by atoms with Crippen molar-refractivity contribution in [1.82, 2.24) is 0 Å². The zero-order valence-corrected chi connectivity index (χ0v) is 11.6. The molecule has 0 radical (unpaired) electrons. The molecule has 0 amide bonds. The quantitative estimate of drug-likeness (QED) is 0.770. The summed E-state index contributed by atoms with van der Waals surface area (Å²) < 4.78 is 15.9. The molecule has 1 aliphatic heterocycles. The fraction of sp³-hybridized carbons (Fsp3) is 0.571. The Morgan fingerprint density at radius 3 is 2.72 bits per heavy atom. The first kappa shape index (κ1) is 13.5. The van der Waals surface area contributed by atoms with E-state index >= 15 is 0 Å². The van der Waals surface area contributed by atoms with Crippen LogP contribution in [0.2, 0.25) is 0 Å². The highest BCUT2D eigenvalue weighted by molar-refractivity contribution is 6.20. The van der Waals surface area contributed by atoms with Crippen molar-refractivity contribution in [2.75, 3.05) is 27.4 Å². The van der Waals surface area contributed by atoms with Crippen molar-refractivity contribution in [3.63, 3.8) is 0 Å². The molecule has 4 heteroatoms. The Balaban J connectivity index is 2.04. The van der Waals surface area contributed by atoms with Crippen molar-refractivity contribution in [3.05, 3.63) is 23.8 Å². The molecule has 0 bridgehead atoms. The van der Waals surface area contributed by atoms with Crippen LogP contribution in [-0.2, 0) is 11.2 Å². The van der Waals surface area contributed by atoms with Gasteiger partial charge >= 0.3 is 0 Å². The van der Waals surface area contributed by atoms with Crippen LogP contribution in [0.5, 0.6) is 11.5 Å². The highest BCUT2D eigenvalue weighted by Crippen LogP contribution is 2.30. The van der Waals surface area contributed by atoms with Crippen molar-refractivity contribution in [1.29, 1.82) is 0 Å². The number of alkyl halides is 1. The molecule has 0 spiro atoms. The lowest BCUT2D eigenvalue weighted by Gasteiger charge is -2.16. The molecule has 1 aromatic rings. The summed E-state index contributed by atoms with van der Waals surface area (Å²) in [6, 6.07) is 5.94. The second-order valence-corrected chi connectivity index (χ2v) is 5.09. The smallest absolute Gasteiger partial charge is 0.160 e. The van der Waals surface area contributed by atoms with Gasteiger partial charge in [0.2, 0.25) is 0 Å². The predicted molar refractivity (Wildman–Crippen MR) is 71.8 cm³/mol. The van der Waals surface area contributed by atoms with Gasteiger partial charge in [0.05, 0.1) is 20.8 Å². The van der Waals surface area contributed by atoms with Gasteiger partial charge in [-0.3, -0.25) is 0 Å². The number of hydrogen-bond acceptors (Lipinski definition) is 3. The van der Waals surface area contributed by atoms with E-state index in [0.29, 0.717) is 5.92 Å². The highest BCUT2D eigenvalue weighted by Gasteiger charge is 2.24. The average Bonchev–Trinajstić information content (AvgIpc) is 2.92. The largest absolute Gasteiger partial charge is 0.493 e. The average molecular weight is 271 g/mol. The third-order valence-electron chi connectivity index (χ3n) is 3.36. The molecule has 2 rings (SSSR count). The Bertz CT molecular complexity index is 389. The van der Waals surface area contributed by atoms with Gasteiger partial charge in [0, 0.05) is 17.9 Å². The van der Waals surface area contributed by atoms with Crippen LogP contribution in [0.25, 0.3) is 0 Å². The fourth-order valence-corrected chi connectivity index (χ4v) is 2.61. The molecule has 1 saturated heterocycles. The minimum absolute atomic E-state index is 0.116. The Morgan fingerprint density at radius 2 is 2.11 bits per heavy atom. The van der Waals surface area contributed by atoms with Gasteiger partial charge in [0.15, 0.2) is 11.5 Å². The van der Waals surface area contributed by atoms with Gasteiger partial charge in [-0.2, -0.15) is 0 Å². The SMILES string of the molecule is COc1ccc(CC(Cl)C2CCOC2)cc1OC. The lowest BCUT2D eigenvalue weighted by Crippen LogP contribution is -2.17. The number of benzene rings is 1. The lowest BCUT2D eigenvalue weighted by molar-refractivity contribution is 0.185. The first-order valence-electron chi connectivity index (χ1n) is 6.17.